The third-order valence-corrected chi connectivity index (χ3v) is 6.18. The van der Waals surface area contributed by atoms with E-state index in [1.54, 1.807) is 34.5 Å². The number of halogens is 1. The highest BCUT2D eigenvalue weighted by Crippen LogP contribution is 2.26. The average Bonchev–Trinajstić information content (AvgIpc) is 3.33. The Labute approximate surface area is 202 Å². The van der Waals surface area contributed by atoms with Crippen LogP contribution in [0.1, 0.15) is 30.3 Å². The summed E-state index contributed by atoms with van der Waals surface area (Å²) in [7, 11) is 0. The van der Waals surface area contributed by atoms with Gasteiger partial charge < -0.3 is 9.64 Å². The molecule has 0 saturated carbocycles. The van der Waals surface area contributed by atoms with Crippen molar-refractivity contribution in [1.29, 1.82) is 0 Å². The van der Waals surface area contributed by atoms with Crippen LogP contribution in [0.25, 0.3) is 28.2 Å². The Hall–Kier alpha value is -4.07. The number of carbonyl (C=O) groups excluding carboxylic acids is 2. The van der Waals surface area contributed by atoms with Crippen molar-refractivity contribution in [2.45, 2.75) is 19.8 Å². The molecule has 1 amide bonds. The minimum atomic E-state index is -0.348. The maximum atomic E-state index is 13.7. The van der Waals surface area contributed by atoms with Gasteiger partial charge >= 0.3 is 5.97 Å². The van der Waals surface area contributed by atoms with Gasteiger partial charge in [0.15, 0.2) is 5.65 Å². The van der Waals surface area contributed by atoms with Crippen molar-refractivity contribution in [1.82, 2.24) is 19.5 Å². The largest absolute Gasteiger partial charge is 0.466 e. The summed E-state index contributed by atoms with van der Waals surface area (Å²) in [5, 5.41) is 4.69. The lowest BCUT2D eigenvalue weighted by atomic mass is 9.98. The van der Waals surface area contributed by atoms with E-state index in [0.717, 1.165) is 5.56 Å². The summed E-state index contributed by atoms with van der Waals surface area (Å²) in [4.78, 5) is 32.5. The first kappa shape index (κ1) is 22.7. The van der Waals surface area contributed by atoms with Crippen LogP contribution in [0.15, 0.2) is 66.7 Å². The van der Waals surface area contributed by atoms with Crippen LogP contribution in [0.4, 0.5) is 4.39 Å². The molecule has 5 rings (SSSR count). The van der Waals surface area contributed by atoms with Gasteiger partial charge in [-0.2, -0.15) is 5.10 Å². The Morgan fingerprint density at radius 2 is 1.77 bits per heavy atom. The third-order valence-electron chi connectivity index (χ3n) is 6.18. The van der Waals surface area contributed by atoms with Crippen LogP contribution in [0.5, 0.6) is 0 Å². The van der Waals surface area contributed by atoms with Crippen molar-refractivity contribution in [2.24, 2.45) is 5.92 Å². The minimum Gasteiger partial charge on any atom is -0.466 e. The maximum Gasteiger partial charge on any atom is 0.310 e. The average molecular weight is 473 g/mol. The first-order valence-corrected chi connectivity index (χ1v) is 11.7. The Kier molecular flexibility index (Phi) is 6.27. The van der Waals surface area contributed by atoms with Crippen LogP contribution in [0, 0.1) is 11.7 Å². The number of benzene rings is 2. The standard InChI is InChI=1S/C27H25FN4O3/c1-2-35-27(34)20-9-6-14-31(17-20)26(33)24-15-22(19-10-12-21(28)13-11-19)29-25-16-23(30-32(24)25)18-7-4-3-5-8-18/h3-5,7-8,10-13,15-16,20H,2,6,9,14,17H2,1H3/t20-/m0/s1. The second-order valence-corrected chi connectivity index (χ2v) is 8.54. The number of aromatic nitrogens is 3. The molecule has 1 saturated heterocycles. The fourth-order valence-electron chi connectivity index (χ4n) is 4.42. The van der Waals surface area contributed by atoms with Gasteiger partial charge in [-0.25, -0.2) is 13.9 Å². The molecule has 1 aliphatic rings. The van der Waals surface area contributed by atoms with Gasteiger partial charge in [-0.05, 0) is 50.1 Å². The molecule has 1 aliphatic heterocycles. The van der Waals surface area contributed by atoms with Crippen molar-refractivity contribution in [3.05, 3.63) is 78.2 Å². The maximum absolute atomic E-state index is 13.7. The predicted molar refractivity (Wildman–Crippen MR) is 129 cm³/mol. The SMILES string of the molecule is CCOC(=O)[C@H]1CCCN(C(=O)c2cc(-c3ccc(F)cc3)nc3cc(-c4ccccc4)nn23)C1. The predicted octanol–water partition coefficient (Wildman–Crippen LogP) is 4.62. The van der Waals surface area contributed by atoms with E-state index in [0.29, 0.717) is 60.8 Å². The van der Waals surface area contributed by atoms with E-state index in [4.69, 9.17) is 9.72 Å². The van der Waals surface area contributed by atoms with Gasteiger partial charge in [0.1, 0.15) is 11.5 Å². The summed E-state index contributed by atoms with van der Waals surface area (Å²) in [5.41, 5.74) is 3.66. The van der Waals surface area contributed by atoms with Gasteiger partial charge in [-0.15, -0.1) is 0 Å². The molecule has 1 atom stereocenters. The smallest absolute Gasteiger partial charge is 0.310 e. The molecule has 3 heterocycles. The normalized spacial score (nSPS) is 15.8. The molecular weight excluding hydrogens is 447 g/mol. The van der Waals surface area contributed by atoms with Gasteiger partial charge in [0, 0.05) is 30.3 Å². The number of esters is 1. The molecule has 2 aromatic heterocycles. The number of likely N-dealkylation sites (tertiary alicyclic amines) is 1. The molecule has 7 nitrogen and oxygen atoms in total. The lowest BCUT2D eigenvalue weighted by molar-refractivity contribution is -0.149. The minimum absolute atomic E-state index is 0.238. The highest BCUT2D eigenvalue weighted by atomic mass is 19.1. The zero-order chi connectivity index (χ0) is 24.4. The van der Waals surface area contributed by atoms with Crippen molar-refractivity contribution < 1.29 is 18.7 Å². The van der Waals surface area contributed by atoms with Crippen LogP contribution in [0.2, 0.25) is 0 Å². The molecule has 0 radical (unpaired) electrons. The molecule has 35 heavy (non-hydrogen) atoms. The highest BCUT2D eigenvalue weighted by molar-refractivity contribution is 5.95. The first-order valence-electron chi connectivity index (χ1n) is 11.7. The van der Waals surface area contributed by atoms with E-state index in [9.17, 15) is 14.0 Å². The number of piperidine rings is 1. The lowest BCUT2D eigenvalue weighted by Crippen LogP contribution is -2.43. The van der Waals surface area contributed by atoms with Gasteiger partial charge in [-0.1, -0.05) is 30.3 Å². The Bertz CT molecular complexity index is 1370. The number of fused-ring (bicyclic) bond motifs is 1. The van der Waals surface area contributed by atoms with E-state index < -0.39 is 0 Å². The summed E-state index contributed by atoms with van der Waals surface area (Å²) in [5.74, 6) is -1.21. The van der Waals surface area contributed by atoms with E-state index in [-0.39, 0.29) is 23.6 Å². The highest BCUT2D eigenvalue weighted by Gasteiger charge is 2.31. The third kappa shape index (κ3) is 4.64. The molecule has 8 heteroatoms. The van der Waals surface area contributed by atoms with Crippen molar-refractivity contribution in [2.75, 3.05) is 19.7 Å². The zero-order valence-electron chi connectivity index (χ0n) is 19.4. The second-order valence-electron chi connectivity index (χ2n) is 8.54. The van der Waals surface area contributed by atoms with Crippen molar-refractivity contribution in [3.63, 3.8) is 0 Å². The molecular formula is C27H25FN4O3. The quantitative estimate of drug-likeness (QED) is 0.396. The number of amides is 1. The van der Waals surface area contributed by atoms with E-state index in [2.05, 4.69) is 5.10 Å². The van der Waals surface area contributed by atoms with Crippen molar-refractivity contribution in [3.8, 4) is 22.5 Å². The van der Waals surface area contributed by atoms with Crippen LogP contribution in [-0.4, -0.2) is 51.1 Å². The van der Waals surface area contributed by atoms with Gasteiger partial charge in [-0.3, -0.25) is 9.59 Å². The fraction of sp³-hybridized carbons (Fsp3) is 0.259. The number of hydrogen-bond donors (Lipinski definition) is 0. The number of nitrogens with zero attached hydrogens (tertiary/aromatic N) is 4. The monoisotopic (exact) mass is 472 g/mol. The van der Waals surface area contributed by atoms with Crippen LogP contribution < -0.4 is 0 Å². The molecule has 0 aliphatic carbocycles. The van der Waals surface area contributed by atoms with Crippen molar-refractivity contribution >= 4 is 17.5 Å². The topological polar surface area (TPSA) is 76.8 Å². The van der Waals surface area contributed by atoms with Gasteiger partial charge in [0.25, 0.3) is 5.91 Å². The number of ether oxygens (including phenoxy) is 1. The Morgan fingerprint density at radius 3 is 2.51 bits per heavy atom. The van der Waals surface area contributed by atoms with E-state index in [1.165, 1.54) is 12.1 Å². The van der Waals surface area contributed by atoms with Crippen LogP contribution in [0.3, 0.4) is 0 Å². The van der Waals surface area contributed by atoms with Gasteiger partial charge in [0.2, 0.25) is 0 Å². The molecule has 0 N–H and O–H groups in total. The molecule has 2 aromatic carbocycles. The lowest BCUT2D eigenvalue weighted by Gasteiger charge is -2.31. The number of carbonyl (C=O) groups is 2. The number of hydrogen-bond acceptors (Lipinski definition) is 5. The summed E-state index contributed by atoms with van der Waals surface area (Å²) in [6.45, 7) is 2.92. The Morgan fingerprint density at radius 1 is 1.03 bits per heavy atom. The molecule has 1 fully saturated rings. The first-order chi connectivity index (χ1) is 17.0. The van der Waals surface area contributed by atoms with E-state index in [1.807, 2.05) is 36.4 Å². The molecule has 178 valence electrons. The summed E-state index contributed by atoms with van der Waals surface area (Å²) >= 11 is 0. The second kappa shape index (κ2) is 9.66. The van der Waals surface area contributed by atoms with E-state index >= 15 is 0 Å². The zero-order valence-corrected chi connectivity index (χ0v) is 19.4. The summed E-state index contributed by atoms with van der Waals surface area (Å²) in [6.07, 6.45) is 1.40. The number of rotatable bonds is 5. The molecule has 0 unspecified atom stereocenters. The summed E-state index contributed by atoms with van der Waals surface area (Å²) < 4.78 is 20.3. The fourth-order valence-corrected chi connectivity index (χ4v) is 4.42. The van der Waals surface area contributed by atoms with Gasteiger partial charge in [0.05, 0.1) is 23.9 Å². The van der Waals surface area contributed by atoms with Crippen LogP contribution in [-0.2, 0) is 9.53 Å². The van der Waals surface area contributed by atoms with Crippen LogP contribution >= 0.6 is 0 Å². The molecule has 0 bridgehead atoms. The Balaban J connectivity index is 1.58. The molecule has 4 aromatic rings. The summed E-state index contributed by atoms with van der Waals surface area (Å²) in [6, 6.07) is 19.2. The molecule has 0 spiro atoms.